The highest BCUT2D eigenvalue weighted by molar-refractivity contribution is 9.26. The van der Waals surface area contributed by atoms with Gasteiger partial charge in [0, 0.05) is 10.8 Å². The predicted molar refractivity (Wildman–Crippen MR) is 85.3 cm³/mol. The fourth-order valence-electron chi connectivity index (χ4n) is 5.18. The van der Waals surface area contributed by atoms with Crippen LogP contribution >= 0.6 is 63.7 Å². The van der Waals surface area contributed by atoms with E-state index in [4.69, 9.17) is 0 Å². The Balaban J connectivity index is 1.75. The molecular formula is C13H16Br4. The van der Waals surface area contributed by atoms with Crippen LogP contribution in [0.1, 0.15) is 44.9 Å². The maximum Gasteiger partial charge on any atom is 0.0929 e. The number of alkyl halides is 4. The molecule has 0 aliphatic heterocycles. The van der Waals surface area contributed by atoms with Gasteiger partial charge in [0.05, 0.1) is 6.47 Å². The largest absolute Gasteiger partial charge is 0.0929 e. The standard InChI is InChI=1S/C13H16Br4/c14-12(15)8-6-10-4-2-1-3-5-11(10,7-9(8)12)13(10,16)17/h8-9H,1-7H2. The third-order valence-corrected chi connectivity index (χ3v) is 11.7. The van der Waals surface area contributed by atoms with E-state index in [0.717, 1.165) is 11.8 Å². The van der Waals surface area contributed by atoms with Crippen molar-refractivity contribution in [3.63, 3.8) is 0 Å². The molecular weight excluding hydrogens is 476 g/mol. The molecule has 4 saturated carbocycles. The highest BCUT2D eigenvalue weighted by Gasteiger charge is 2.89. The molecule has 0 amide bonds. The Bertz CT molecular complexity index is 359. The van der Waals surface area contributed by atoms with Gasteiger partial charge in [0.2, 0.25) is 0 Å². The first-order valence-corrected chi connectivity index (χ1v) is 9.82. The molecule has 96 valence electrons. The molecule has 17 heavy (non-hydrogen) atoms. The molecule has 0 nitrogen and oxygen atoms in total. The van der Waals surface area contributed by atoms with E-state index >= 15 is 0 Å². The van der Waals surface area contributed by atoms with Crippen LogP contribution < -0.4 is 0 Å². The number of rotatable bonds is 0. The molecule has 0 radical (unpaired) electrons. The normalized spacial score (nSPS) is 57.2. The van der Waals surface area contributed by atoms with Crippen molar-refractivity contribution in [2.24, 2.45) is 22.7 Å². The Labute approximate surface area is 137 Å². The number of hydrogen-bond acceptors (Lipinski definition) is 0. The Morgan fingerprint density at radius 2 is 1.18 bits per heavy atom. The van der Waals surface area contributed by atoms with Crippen LogP contribution in [-0.4, -0.2) is 6.47 Å². The van der Waals surface area contributed by atoms with Gasteiger partial charge in [-0.2, -0.15) is 0 Å². The van der Waals surface area contributed by atoms with Crippen LogP contribution in [0.4, 0.5) is 0 Å². The van der Waals surface area contributed by atoms with Gasteiger partial charge >= 0.3 is 0 Å². The topological polar surface area (TPSA) is 0 Å². The van der Waals surface area contributed by atoms with Gasteiger partial charge in [0.15, 0.2) is 0 Å². The number of fused-ring (bicyclic) bond motifs is 1. The third-order valence-electron chi connectivity index (χ3n) is 6.26. The summed E-state index contributed by atoms with van der Waals surface area (Å²) in [6.07, 6.45) is 9.93. The quantitative estimate of drug-likeness (QED) is 0.367. The zero-order valence-electron chi connectivity index (χ0n) is 9.62. The minimum Gasteiger partial charge on any atom is -0.0721 e. The second-order valence-electron chi connectivity index (χ2n) is 6.60. The molecule has 4 aliphatic carbocycles. The Morgan fingerprint density at radius 3 is 1.65 bits per heavy atom. The van der Waals surface area contributed by atoms with Crippen LogP contribution in [0.2, 0.25) is 0 Å². The lowest BCUT2D eigenvalue weighted by Gasteiger charge is -2.26. The molecule has 0 N–H and O–H groups in total. The van der Waals surface area contributed by atoms with E-state index in [9.17, 15) is 0 Å². The van der Waals surface area contributed by atoms with Crippen molar-refractivity contribution in [3.8, 4) is 0 Å². The van der Waals surface area contributed by atoms with E-state index in [1.165, 1.54) is 44.9 Å². The fraction of sp³-hybridized carbons (Fsp3) is 1.00. The number of hydrogen-bond donors (Lipinski definition) is 0. The second kappa shape index (κ2) is 3.39. The van der Waals surface area contributed by atoms with Gasteiger partial charge in [-0.1, -0.05) is 83.0 Å². The maximum absolute atomic E-state index is 4.06. The summed E-state index contributed by atoms with van der Waals surface area (Å²) in [4.78, 5) is 0. The van der Waals surface area contributed by atoms with Crippen LogP contribution in [0.15, 0.2) is 0 Å². The molecule has 0 aromatic carbocycles. The monoisotopic (exact) mass is 488 g/mol. The third kappa shape index (κ3) is 1.22. The molecule has 4 atom stereocenters. The average molecular weight is 492 g/mol. The van der Waals surface area contributed by atoms with E-state index in [1.807, 2.05) is 0 Å². The first-order valence-electron chi connectivity index (χ1n) is 6.65. The van der Waals surface area contributed by atoms with Crippen molar-refractivity contribution in [3.05, 3.63) is 0 Å². The minimum atomic E-state index is 0.254. The molecule has 0 aromatic heterocycles. The summed E-state index contributed by atoms with van der Waals surface area (Å²) in [5, 5.41) is 0. The van der Waals surface area contributed by atoms with Gasteiger partial charge in [-0.25, -0.2) is 0 Å². The van der Waals surface area contributed by atoms with Crippen LogP contribution in [0, 0.1) is 22.7 Å². The van der Waals surface area contributed by atoms with E-state index < -0.39 is 0 Å². The lowest BCUT2D eigenvalue weighted by atomic mass is 9.77. The fourth-order valence-corrected chi connectivity index (χ4v) is 9.60. The zero-order chi connectivity index (χ0) is 12.1. The molecule has 4 aliphatic rings. The maximum atomic E-state index is 4.06. The van der Waals surface area contributed by atoms with Crippen molar-refractivity contribution in [1.29, 1.82) is 0 Å². The van der Waals surface area contributed by atoms with Crippen molar-refractivity contribution in [2.45, 2.75) is 51.4 Å². The average Bonchev–Trinajstić information content (AvgIpc) is 2.99. The first kappa shape index (κ1) is 12.6. The van der Waals surface area contributed by atoms with Crippen molar-refractivity contribution in [2.75, 3.05) is 0 Å². The van der Waals surface area contributed by atoms with Crippen molar-refractivity contribution < 1.29 is 0 Å². The summed E-state index contributed by atoms with van der Waals surface area (Å²) in [5.74, 6) is 1.70. The summed E-state index contributed by atoms with van der Waals surface area (Å²) in [7, 11) is 0. The molecule has 0 saturated heterocycles. The summed E-state index contributed by atoms with van der Waals surface area (Å²) >= 11 is 15.9. The second-order valence-corrected chi connectivity index (χ2v) is 13.7. The van der Waals surface area contributed by atoms with Crippen LogP contribution in [0.5, 0.6) is 0 Å². The molecule has 0 bridgehead atoms. The van der Waals surface area contributed by atoms with Gasteiger partial charge in [0.1, 0.15) is 0 Å². The molecule has 4 rings (SSSR count). The molecule has 4 fully saturated rings. The van der Waals surface area contributed by atoms with E-state index in [1.54, 1.807) is 0 Å². The van der Waals surface area contributed by atoms with Crippen molar-refractivity contribution in [1.82, 2.24) is 0 Å². The van der Waals surface area contributed by atoms with Crippen LogP contribution in [0.3, 0.4) is 0 Å². The van der Waals surface area contributed by atoms with E-state index in [2.05, 4.69) is 63.7 Å². The lowest BCUT2D eigenvalue weighted by Crippen LogP contribution is -2.19. The summed E-state index contributed by atoms with van der Waals surface area (Å²) in [6, 6.07) is 0. The van der Waals surface area contributed by atoms with Gasteiger partial charge in [-0.05, 0) is 37.5 Å². The summed E-state index contributed by atoms with van der Waals surface area (Å²) in [5.41, 5.74) is 1.09. The SMILES string of the molecule is BrC1(Br)C2CC34CCCCCC3(CC21)C4(Br)Br. The first-order chi connectivity index (χ1) is 7.89. The number of halogens is 4. The molecule has 4 heteroatoms. The zero-order valence-corrected chi connectivity index (χ0v) is 16.0. The molecule has 0 heterocycles. The Hall–Kier alpha value is 1.92. The highest BCUT2D eigenvalue weighted by atomic mass is 79.9. The van der Waals surface area contributed by atoms with Gasteiger partial charge in [0.25, 0.3) is 0 Å². The Kier molecular flexibility index (Phi) is 2.52. The summed E-state index contributed by atoms with van der Waals surface area (Å²) < 4.78 is 0.534. The smallest absolute Gasteiger partial charge is 0.0721 e. The van der Waals surface area contributed by atoms with E-state index in [0.29, 0.717) is 10.8 Å². The van der Waals surface area contributed by atoms with E-state index in [-0.39, 0.29) is 6.47 Å². The Morgan fingerprint density at radius 1 is 0.706 bits per heavy atom. The molecule has 0 spiro atoms. The molecule has 0 aromatic rings. The predicted octanol–water partition coefficient (Wildman–Crippen LogP) is 5.95. The van der Waals surface area contributed by atoms with Gasteiger partial charge < -0.3 is 0 Å². The summed E-state index contributed by atoms with van der Waals surface area (Å²) in [6.45, 7) is 0. The highest BCUT2D eigenvalue weighted by Crippen LogP contribution is 2.93. The van der Waals surface area contributed by atoms with Crippen LogP contribution in [-0.2, 0) is 0 Å². The van der Waals surface area contributed by atoms with Crippen LogP contribution in [0.25, 0.3) is 0 Å². The lowest BCUT2D eigenvalue weighted by molar-refractivity contribution is 0.214. The molecule has 4 unspecified atom stereocenters. The minimum absolute atomic E-state index is 0.254. The van der Waals surface area contributed by atoms with Gasteiger partial charge in [-0.3, -0.25) is 0 Å². The van der Waals surface area contributed by atoms with Crippen molar-refractivity contribution >= 4 is 63.7 Å². The van der Waals surface area contributed by atoms with Gasteiger partial charge in [-0.15, -0.1) is 0 Å².